The first kappa shape index (κ1) is 17.9. The van der Waals surface area contributed by atoms with Crippen LogP contribution in [0.3, 0.4) is 0 Å². The molecule has 3 fully saturated rings. The summed E-state index contributed by atoms with van der Waals surface area (Å²) in [6.45, 7) is 1.54. The molecule has 4 amide bonds. The summed E-state index contributed by atoms with van der Waals surface area (Å²) in [6.07, 6.45) is 2.03. The molecule has 1 aromatic carbocycles. The van der Waals surface area contributed by atoms with Gasteiger partial charge >= 0.3 is 6.03 Å². The van der Waals surface area contributed by atoms with E-state index in [0.29, 0.717) is 38.1 Å². The smallest absolute Gasteiger partial charge is 0.325 e. The van der Waals surface area contributed by atoms with Crippen molar-refractivity contribution >= 4 is 17.8 Å². The Kier molecular flexibility index (Phi) is 4.59. The highest BCUT2D eigenvalue weighted by molar-refractivity contribution is 6.07. The number of carbonyl (C=O) groups excluding carboxylic acids is 3. The van der Waals surface area contributed by atoms with E-state index in [2.05, 4.69) is 5.32 Å². The van der Waals surface area contributed by atoms with Gasteiger partial charge in [0.2, 0.25) is 0 Å². The number of imide groups is 1. The Morgan fingerprint density at radius 2 is 1.93 bits per heavy atom. The lowest BCUT2D eigenvalue weighted by molar-refractivity contribution is -0.145. The highest BCUT2D eigenvalue weighted by atomic mass is 19.1. The van der Waals surface area contributed by atoms with Gasteiger partial charge in [-0.25, -0.2) is 9.18 Å². The Morgan fingerprint density at radius 1 is 1.22 bits per heavy atom. The third-order valence-electron chi connectivity index (χ3n) is 5.63. The molecule has 0 aromatic heterocycles. The van der Waals surface area contributed by atoms with E-state index in [1.165, 1.54) is 17.0 Å². The van der Waals surface area contributed by atoms with Gasteiger partial charge in [0.1, 0.15) is 17.5 Å². The van der Waals surface area contributed by atoms with Crippen molar-refractivity contribution in [3.05, 3.63) is 35.6 Å². The normalized spacial score (nSPS) is 24.6. The molecule has 27 heavy (non-hydrogen) atoms. The van der Waals surface area contributed by atoms with Crippen LogP contribution in [0.5, 0.6) is 0 Å². The second-order valence-electron chi connectivity index (χ2n) is 7.36. The van der Waals surface area contributed by atoms with Gasteiger partial charge in [0.15, 0.2) is 0 Å². The number of likely N-dealkylation sites (tertiary alicyclic amines) is 1. The van der Waals surface area contributed by atoms with Crippen LogP contribution in [0, 0.1) is 5.82 Å². The summed E-state index contributed by atoms with van der Waals surface area (Å²) in [4.78, 5) is 40.7. The molecule has 3 aliphatic heterocycles. The van der Waals surface area contributed by atoms with Gasteiger partial charge in [-0.2, -0.15) is 0 Å². The number of hydrogen-bond donors (Lipinski definition) is 1. The number of carbonyl (C=O) groups is 3. The predicted octanol–water partition coefficient (Wildman–Crippen LogP) is 1.42. The quantitative estimate of drug-likeness (QED) is 0.811. The molecule has 0 aliphatic carbocycles. The van der Waals surface area contributed by atoms with E-state index < -0.39 is 11.6 Å². The lowest BCUT2D eigenvalue weighted by Crippen LogP contribution is -2.57. The standard InChI is InChI=1S/C19H22FN3O4/c20-14-5-3-13(4-6-14)12-23-17(25)19(21-18(23)26)7-9-22(10-8-19)16(24)15-2-1-11-27-15/h3-6,15H,1-2,7-12H2,(H,21,26). The summed E-state index contributed by atoms with van der Waals surface area (Å²) in [5.41, 5.74) is -0.271. The summed E-state index contributed by atoms with van der Waals surface area (Å²) in [7, 11) is 0. The molecule has 0 radical (unpaired) electrons. The van der Waals surface area contributed by atoms with E-state index in [9.17, 15) is 18.8 Å². The SMILES string of the molecule is O=C(C1CCCO1)N1CCC2(CC1)NC(=O)N(Cc1ccc(F)cc1)C2=O. The van der Waals surface area contributed by atoms with Crippen LogP contribution in [0.15, 0.2) is 24.3 Å². The van der Waals surface area contributed by atoms with Crippen molar-refractivity contribution in [3.8, 4) is 0 Å². The van der Waals surface area contributed by atoms with Crippen molar-refractivity contribution in [2.75, 3.05) is 19.7 Å². The maximum absolute atomic E-state index is 13.1. The van der Waals surface area contributed by atoms with Crippen LogP contribution in [0.2, 0.25) is 0 Å². The second kappa shape index (κ2) is 6.92. The van der Waals surface area contributed by atoms with Crippen molar-refractivity contribution in [3.63, 3.8) is 0 Å². The fraction of sp³-hybridized carbons (Fsp3) is 0.526. The minimum absolute atomic E-state index is 0.0257. The fourth-order valence-electron chi connectivity index (χ4n) is 4.02. The average Bonchev–Trinajstić information content (AvgIpc) is 3.28. The van der Waals surface area contributed by atoms with Crippen LogP contribution in [0.4, 0.5) is 9.18 Å². The molecule has 7 nitrogen and oxygen atoms in total. The Morgan fingerprint density at radius 3 is 2.56 bits per heavy atom. The fourth-order valence-corrected chi connectivity index (χ4v) is 4.02. The largest absolute Gasteiger partial charge is 0.368 e. The van der Waals surface area contributed by atoms with Crippen LogP contribution in [0.1, 0.15) is 31.2 Å². The van der Waals surface area contributed by atoms with Gasteiger partial charge < -0.3 is 15.0 Å². The molecule has 4 rings (SSSR count). The maximum atomic E-state index is 13.1. The minimum atomic E-state index is -0.954. The number of piperidine rings is 1. The first-order valence-corrected chi connectivity index (χ1v) is 9.27. The molecule has 3 saturated heterocycles. The summed E-state index contributed by atoms with van der Waals surface area (Å²) in [5.74, 6) is -0.668. The Balaban J connectivity index is 1.41. The van der Waals surface area contributed by atoms with E-state index in [1.807, 2.05) is 0 Å². The lowest BCUT2D eigenvalue weighted by atomic mass is 9.87. The van der Waals surface area contributed by atoms with Gasteiger partial charge in [0, 0.05) is 19.7 Å². The molecule has 1 unspecified atom stereocenters. The van der Waals surface area contributed by atoms with Crippen LogP contribution < -0.4 is 5.32 Å². The highest BCUT2D eigenvalue weighted by Gasteiger charge is 2.52. The van der Waals surface area contributed by atoms with E-state index in [0.717, 1.165) is 12.8 Å². The number of benzene rings is 1. The van der Waals surface area contributed by atoms with E-state index in [1.54, 1.807) is 17.0 Å². The maximum Gasteiger partial charge on any atom is 0.325 e. The Hall–Kier alpha value is -2.48. The Labute approximate surface area is 156 Å². The monoisotopic (exact) mass is 375 g/mol. The molecule has 3 heterocycles. The third kappa shape index (κ3) is 3.29. The van der Waals surface area contributed by atoms with Gasteiger partial charge in [-0.05, 0) is 43.4 Å². The van der Waals surface area contributed by atoms with Crippen molar-refractivity contribution in [2.45, 2.75) is 43.9 Å². The van der Waals surface area contributed by atoms with Crippen molar-refractivity contribution < 1.29 is 23.5 Å². The zero-order valence-corrected chi connectivity index (χ0v) is 14.9. The van der Waals surface area contributed by atoms with E-state index >= 15 is 0 Å². The summed E-state index contributed by atoms with van der Waals surface area (Å²) >= 11 is 0. The molecule has 3 aliphatic rings. The molecule has 1 aromatic rings. The van der Waals surface area contributed by atoms with Crippen molar-refractivity contribution in [2.24, 2.45) is 0 Å². The van der Waals surface area contributed by atoms with Gasteiger partial charge in [0.25, 0.3) is 11.8 Å². The molecule has 0 saturated carbocycles. The molecule has 1 atom stereocenters. The van der Waals surface area contributed by atoms with Crippen LogP contribution in [-0.4, -0.2) is 59.0 Å². The summed E-state index contributed by atoms with van der Waals surface area (Å²) < 4.78 is 18.5. The molecule has 8 heteroatoms. The van der Waals surface area contributed by atoms with Crippen molar-refractivity contribution in [1.82, 2.24) is 15.1 Å². The third-order valence-corrected chi connectivity index (χ3v) is 5.63. The zero-order chi connectivity index (χ0) is 19.0. The first-order chi connectivity index (χ1) is 13.0. The Bertz CT molecular complexity index is 753. The number of nitrogens with zero attached hydrogens (tertiary/aromatic N) is 2. The van der Waals surface area contributed by atoms with Crippen molar-refractivity contribution in [1.29, 1.82) is 0 Å². The molecule has 1 N–H and O–H groups in total. The van der Waals surface area contributed by atoms with Gasteiger partial charge in [-0.1, -0.05) is 12.1 Å². The highest BCUT2D eigenvalue weighted by Crippen LogP contribution is 2.31. The van der Waals surface area contributed by atoms with Crippen LogP contribution >= 0.6 is 0 Å². The predicted molar refractivity (Wildman–Crippen MR) is 93.0 cm³/mol. The summed E-state index contributed by atoms with van der Waals surface area (Å²) in [6, 6.07) is 5.29. The van der Waals surface area contributed by atoms with Crippen LogP contribution in [-0.2, 0) is 20.9 Å². The molecule has 0 bridgehead atoms. The second-order valence-corrected chi connectivity index (χ2v) is 7.36. The number of ether oxygens (including phenoxy) is 1. The minimum Gasteiger partial charge on any atom is -0.368 e. The van der Waals surface area contributed by atoms with Crippen LogP contribution in [0.25, 0.3) is 0 Å². The average molecular weight is 375 g/mol. The molecular weight excluding hydrogens is 353 g/mol. The van der Waals surface area contributed by atoms with Gasteiger partial charge in [-0.15, -0.1) is 0 Å². The molecule has 144 valence electrons. The number of amides is 4. The lowest BCUT2D eigenvalue weighted by Gasteiger charge is -2.38. The number of halogens is 1. The first-order valence-electron chi connectivity index (χ1n) is 9.27. The zero-order valence-electron chi connectivity index (χ0n) is 14.9. The number of urea groups is 1. The van der Waals surface area contributed by atoms with Gasteiger partial charge in [0.05, 0.1) is 6.54 Å². The number of hydrogen-bond acceptors (Lipinski definition) is 4. The van der Waals surface area contributed by atoms with Gasteiger partial charge in [-0.3, -0.25) is 14.5 Å². The van der Waals surface area contributed by atoms with E-state index in [-0.39, 0.29) is 30.3 Å². The summed E-state index contributed by atoms with van der Waals surface area (Å²) in [5, 5.41) is 2.82. The van der Waals surface area contributed by atoms with E-state index in [4.69, 9.17) is 4.74 Å². The number of nitrogens with one attached hydrogen (secondary N) is 1. The molecular formula is C19H22FN3O4. The number of rotatable bonds is 3. The topological polar surface area (TPSA) is 79.0 Å². The molecule has 1 spiro atoms.